The van der Waals surface area contributed by atoms with Gasteiger partial charge in [0.15, 0.2) is 0 Å². The van der Waals surface area contributed by atoms with Crippen molar-refractivity contribution in [1.29, 1.82) is 0 Å². The zero-order valence-corrected chi connectivity index (χ0v) is 18.7. The molecular formula is C18H41NaO7P2. The summed E-state index contributed by atoms with van der Waals surface area (Å²) in [4.78, 5) is 26.0. The van der Waals surface area contributed by atoms with Crippen molar-refractivity contribution < 1.29 is 32.6 Å². The van der Waals surface area contributed by atoms with Crippen LogP contribution in [0.3, 0.4) is 0 Å². The van der Waals surface area contributed by atoms with Crippen molar-refractivity contribution in [2.75, 3.05) is 6.61 Å². The van der Waals surface area contributed by atoms with Gasteiger partial charge in [-0.3, -0.25) is 4.52 Å². The molecule has 1 atom stereocenters. The Labute approximate surface area is 193 Å². The number of phosphoric acid groups is 2. The fourth-order valence-electron chi connectivity index (χ4n) is 2.99. The summed E-state index contributed by atoms with van der Waals surface area (Å²) in [5.74, 6) is 0. The number of phosphoric ester groups is 1. The SMILES string of the molecule is CCCCCCCCCCCCCCCCCCOP(=O)(O)OP(=O)(O)O.[NaH]. The van der Waals surface area contributed by atoms with Crippen LogP contribution < -0.4 is 0 Å². The number of unbranched alkanes of at least 4 members (excludes halogenated alkanes) is 15. The summed E-state index contributed by atoms with van der Waals surface area (Å²) in [7, 11) is -9.68. The fourth-order valence-corrected chi connectivity index (χ4v) is 4.61. The van der Waals surface area contributed by atoms with Gasteiger partial charge in [-0.05, 0) is 6.42 Å². The van der Waals surface area contributed by atoms with Crippen molar-refractivity contribution in [3.05, 3.63) is 0 Å². The van der Waals surface area contributed by atoms with Gasteiger partial charge in [0, 0.05) is 0 Å². The van der Waals surface area contributed by atoms with Crippen LogP contribution in [-0.2, 0) is 18.0 Å². The van der Waals surface area contributed by atoms with Gasteiger partial charge < -0.3 is 14.7 Å². The molecule has 0 aromatic heterocycles. The quantitative estimate of drug-likeness (QED) is 0.121. The zero-order chi connectivity index (χ0) is 20.4. The van der Waals surface area contributed by atoms with E-state index in [1.54, 1.807) is 0 Å². The predicted octanol–water partition coefficient (Wildman–Crippen LogP) is 5.83. The van der Waals surface area contributed by atoms with Crippen LogP contribution in [0.1, 0.15) is 110 Å². The van der Waals surface area contributed by atoms with E-state index in [9.17, 15) is 9.13 Å². The van der Waals surface area contributed by atoms with E-state index in [2.05, 4.69) is 15.8 Å². The Bertz CT molecular complexity index is 432. The molecular weight excluding hydrogens is 413 g/mol. The van der Waals surface area contributed by atoms with E-state index in [0.29, 0.717) is 6.42 Å². The van der Waals surface area contributed by atoms with E-state index in [4.69, 9.17) is 14.7 Å². The van der Waals surface area contributed by atoms with E-state index in [0.717, 1.165) is 19.3 Å². The van der Waals surface area contributed by atoms with Crippen molar-refractivity contribution >= 4 is 45.2 Å². The molecule has 0 heterocycles. The molecule has 10 heteroatoms. The molecule has 0 fully saturated rings. The number of hydrogen-bond donors (Lipinski definition) is 3. The molecule has 0 saturated carbocycles. The third-order valence-corrected chi connectivity index (χ3v) is 6.65. The fraction of sp³-hybridized carbons (Fsp3) is 1.00. The summed E-state index contributed by atoms with van der Waals surface area (Å²) >= 11 is 0. The van der Waals surface area contributed by atoms with Crippen LogP contribution >= 0.6 is 15.6 Å². The van der Waals surface area contributed by atoms with Gasteiger partial charge in [0.2, 0.25) is 0 Å². The minimum absolute atomic E-state index is 0. The van der Waals surface area contributed by atoms with Crippen LogP contribution in [-0.4, -0.2) is 50.8 Å². The summed E-state index contributed by atoms with van der Waals surface area (Å²) in [5, 5.41) is 0. The van der Waals surface area contributed by atoms with E-state index in [1.165, 1.54) is 77.0 Å². The second-order valence-corrected chi connectivity index (χ2v) is 10.0. The molecule has 0 aromatic rings. The molecule has 0 amide bonds. The van der Waals surface area contributed by atoms with Crippen molar-refractivity contribution in [3.63, 3.8) is 0 Å². The summed E-state index contributed by atoms with van der Waals surface area (Å²) in [6.45, 7) is 2.20. The first kappa shape index (κ1) is 31.4. The normalized spacial score (nSPS) is 13.9. The maximum atomic E-state index is 11.2. The van der Waals surface area contributed by atoms with Gasteiger partial charge in [-0.2, -0.15) is 4.31 Å². The summed E-state index contributed by atoms with van der Waals surface area (Å²) < 4.78 is 29.9. The number of rotatable bonds is 20. The van der Waals surface area contributed by atoms with Crippen LogP contribution in [0, 0.1) is 0 Å². The third-order valence-electron chi connectivity index (χ3n) is 4.46. The van der Waals surface area contributed by atoms with E-state index < -0.39 is 15.6 Å². The zero-order valence-electron chi connectivity index (χ0n) is 16.9. The first-order chi connectivity index (χ1) is 12.8. The predicted molar refractivity (Wildman–Crippen MR) is 116 cm³/mol. The molecule has 0 aliphatic heterocycles. The van der Waals surface area contributed by atoms with E-state index >= 15 is 0 Å². The maximum absolute atomic E-state index is 11.2. The van der Waals surface area contributed by atoms with Gasteiger partial charge >= 0.3 is 45.2 Å². The Morgan fingerprint density at radius 1 is 0.607 bits per heavy atom. The van der Waals surface area contributed by atoms with Gasteiger partial charge in [0.05, 0.1) is 6.61 Å². The molecule has 0 aliphatic carbocycles. The molecule has 0 aliphatic rings. The van der Waals surface area contributed by atoms with Crippen molar-refractivity contribution in [1.82, 2.24) is 0 Å². The molecule has 0 aromatic carbocycles. The van der Waals surface area contributed by atoms with Gasteiger partial charge in [-0.1, -0.05) is 103 Å². The van der Waals surface area contributed by atoms with E-state index in [-0.39, 0.29) is 36.2 Å². The summed E-state index contributed by atoms with van der Waals surface area (Å²) in [5.41, 5.74) is 0. The van der Waals surface area contributed by atoms with Crippen LogP contribution in [0.4, 0.5) is 0 Å². The molecule has 0 spiro atoms. The molecule has 0 saturated heterocycles. The molecule has 28 heavy (non-hydrogen) atoms. The first-order valence-electron chi connectivity index (χ1n) is 10.5. The van der Waals surface area contributed by atoms with Gasteiger partial charge in [0.25, 0.3) is 0 Å². The van der Waals surface area contributed by atoms with Crippen LogP contribution in [0.5, 0.6) is 0 Å². The topological polar surface area (TPSA) is 113 Å². The molecule has 3 N–H and O–H groups in total. The Balaban J connectivity index is 0. The van der Waals surface area contributed by atoms with Crippen molar-refractivity contribution in [2.45, 2.75) is 110 Å². The second kappa shape index (κ2) is 20.2. The van der Waals surface area contributed by atoms with Crippen LogP contribution in [0.15, 0.2) is 0 Å². The summed E-state index contributed by atoms with van der Waals surface area (Å²) in [6, 6.07) is 0. The Morgan fingerprint density at radius 2 is 0.929 bits per heavy atom. The van der Waals surface area contributed by atoms with Crippen LogP contribution in [0.25, 0.3) is 0 Å². The van der Waals surface area contributed by atoms with Crippen LogP contribution in [0.2, 0.25) is 0 Å². The minimum atomic E-state index is -5.02. The second-order valence-electron chi connectivity index (χ2n) is 7.18. The molecule has 0 rings (SSSR count). The molecule has 166 valence electrons. The molecule has 0 bridgehead atoms. The standard InChI is InChI=1S/C18H40O7P2.Na.H/c1-2-3-4-5-6-7-8-9-10-11-12-13-14-15-16-17-18-24-27(22,23)25-26(19,20)21;;/h2-18H2,1H3,(H,22,23)(H2,19,20,21);;. The average molecular weight is 454 g/mol. The monoisotopic (exact) mass is 454 g/mol. The Morgan fingerprint density at radius 3 is 1.25 bits per heavy atom. The number of hydrogen-bond acceptors (Lipinski definition) is 4. The van der Waals surface area contributed by atoms with Gasteiger partial charge in [-0.25, -0.2) is 9.13 Å². The first-order valence-corrected chi connectivity index (χ1v) is 13.5. The van der Waals surface area contributed by atoms with E-state index in [1.807, 2.05) is 0 Å². The molecule has 1 unspecified atom stereocenters. The Kier molecular flexibility index (Phi) is 22.7. The molecule has 7 nitrogen and oxygen atoms in total. The average Bonchev–Trinajstić information content (AvgIpc) is 2.55. The molecule has 0 radical (unpaired) electrons. The van der Waals surface area contributed by atoms with Gasteiger partial charge in [0.1, 0.15) is 0 Å². The van der Waals surface area contributed by atoms with Gasteiger partial charge in [-0.15, -0.1) is 0 Å². The Hall–Kier alpha value is 1.26. The van der Waals surface area contributed by atoms with Crippen molar-refractivity contribution in [2.24, 2.45) is 0 Å². The van der Waals surface area contributed by atoms with Crippen molar-refractivity contribution in [3.8, 4) is 0 Å². The third kappa shape index (κ3) is 25.3. The summed E-state index contributed by atoms with van der Waals surface area (Å²) in [6.07, 6.45) is 19.6.